The quantitative estimate of drug-likeness (QED) is 0.699. The van der Waals surface area contributed by atoms with E-state index in [4.69, 9.17) is 9.84 Å². The van der Waals surface area contributed by atoms with Crippen LogP contribution in [0.3, 0.4) is 0 Å². The van der Waals surface area contributed by atoms with Gasteiger partial charge in [0.1, 0.15) is 4.88 Å². The molecular formula is C17H18N2O5S. The van der Waals surface area contributed by atoms with Gasteiger partial charge in [0.05, 0.1) is 12.3 Å². The number of ether oxygens (including phenoxy) is 1. The third-order valence-electron chi connectivity index (χ3n) is 3.18. The van der Waals surface area contributed by atoms with Gasteiger partial charge in [0.15, 0.2) is 5.13 Å². The molecule has 0 aliphatic rings. The van der Waals surface area contributed by atoms with Gasteiger partial charge in [0.2, 0.25) is 5.91 Å². The molecule has 0 aliphatic carbocycles. The van der Waals surface area contributed by atoms with Crippen LogP contribution in [0.25, 0.3) is 11.3 Å². The van der Waals surface area contributed by atoms with Crippen molar-refractivity contribution >= 4 is 34.3 Å². The van der Waals surface area contributed by atoms with Gasteiger partial charge in [0.25, 0.3) is 0 Å². The maximum Gasteiger partial charge on any atom is 0.350 e. The summed E-state index contributed by atoms with van der Waals surface area (Å²) >= 11 is 1.04. The molecule has 0 atom stereocenters. The lowest BCUT2D eigenvalue weighted by atomic mass is 10.1. The van der Waals surface area contributed by atoms with Crippen molar-refractivity contribution in [1.82, 2.24) is 4.98 Å². The van der Waals surface area contributed by atoms with Crippen molar-refractivity contribution in [2.45, 2.75) is 26.2 Å². The first-order chi connectivity index (χ1) is 12.0. The van der Waals surface area contributed by atoms with Crippen LogP contribution in [0, 0.1) is 0 Å². The molecular weight excluding hydrogens is 344 g/mol. The highest BCUT2D eigenvalue weighted by molar-refractivity contribution is 7.18. The average Bonchev–Trinajstić information content (AvgIpc) is 2.99. The molecule has 1 aromatic carbocycles. The molecule has 1 aromatic heterocycles. The molecule has 0 aliphatic heterocycles. The second kappa shape index (κ2) is 8.93. The molecule has 0 unspecified atom stereocenters. The van der Waals surface area contributed by atoms with E-state index in [0.29, 0.717) is 10.6 Å². The maximum atomic E-state index is 12.2. The minimum absolute atomic E-state index is 0.0707. The molecule has 132 valence electrons. The number of amides is 1. The Kier molecular flexibility index (Phi) is 6.64. The number of carbonyl (C=O) groups excluding carboxylic acids is 2. The normalized spacial score (nSPS) is 10.3. The SMILES string of the molecule is CCOC(=O)c1sc(NC(=O)CCCC(=O)O)nc1-c1ccccc1. The zero-order chi connectivity index (χ0) is 18.2. The number of aliphatic carboxylic acids is 1. The highest BCUT2D eigenvalue weighted by atomic mass is 32.1. The van der Waals surface area contributed by atoms with Gasteiger partial charge >= 0.3 is 11.9 Å². The van der Waals surface area contributed by atoms with Crippen molar-refractivity contribution in [1.29, 1.82) is 0 Å². The van der Waals surface area contributed by atoms with Gasteiger partial charge in [-0.2, -0.15) is 0 Å². The lowest BCUT2D eigenvalue weighted by Gasteiger charge is -2.01. The van der Waals surface area contributed by atoms with Crippen LogP contribution in [0.4, 0.5) is 5.13 Å². The van der Waals surface area contributed by atoms with Gasteiger partial charge < -0.3 is 15.2 Å². The van der Waals surface area contributed by atoms with Gasteiger partial charge in [-0.25, -0.2) is 9.78 Å². The number of aromatic nitrogens is 1. The van der Waals surface area contributed by atoms with Crippen molar-refractivity contribution in [3.8, 4) is 11.3 Å². The third-order valence-corrected chi connectivity index (χ3v) is 4.13. The van der Waals surface area contributed by atoms with E-state index >= 15 is 0 Å². The van der Waals surface area contributed by atoms with Crippen LogP contribution < -0.4 is 5.32 Å². The average molecular weight is 362 g/mol. The molecule has 2 rings (SSSR count). The summed E-state index contributed by atoms with van der Waals surface area (Å²) in [7, 11) is 0. The fraction of sp³-hybridized carbons (Fsp3) is 0.294. The Labute approximate surface area is 148 Å². The van der Waals surface area contributed by atoms with Crippen LogP contribution in [0.15, 0.2) is 30.3 Å². The third kappa shape index (κ3) is 5.39. The molecule has 7 nitrogen and oxygen atoms in total. The largest absolute Gasteiger partial charge is 0.481 e. The van der Waals surface area contributed by atoms with Crippen molar-refractivity contribution in [3.63, 3.8) is 0 Å². The van der Waals surface area contributed by atoms with Crippen molar-refractivity contribution in [2.75, 3.05) is 11.9 Å². The minimum atomic E-state index is -0.946. The molecule has 0 saturated heterocycles. The molecule has 2 aromatic rings. The van der Waals surface area contributed by atoms with E-state index in [1.54, 1.807) is 6.92 Å². The van der Waals surface area contributed by atoms with Crippen LogP contribution >= 0.6 is 11.3 Å². The Morgan fingerprint density at radius 1 is 1.20 bits per heavy atom. The van der Waals surface area contributed by atoms with E-state index in [1.165, 1.54) is 0 Å². The molecule has 8 heteroatoms. The number of benzene rings is 1. The van der Waals surface area contributed by atoms with Gasteiger partial charge in [-0.15, -0.1) is 0 Å². The number of esters is 1. The Balaban J connectivity index is 2.18. The first-order valence-corrected chi connectivity index (χ1v) is 8.58. The van der Waals surface area contributed by atoms with Crippen molar-refractivity contribution in [3.05, 3.63) is 35.2 Å². The van der Waals surface area contributed by atoms with Gasteiger partial charge in [-0.05, 0) is 13.3 Å². The monoisotopic (exact) mass is 362 g/mol. The second-order valence-electron chi connectivity index (χ2n) is 5.08. The summed E-state index contributed by atoms with van der Waals surface area (Å²) < 4.78 is 5.05. The predicted molar refractivity (Wildman–Crippen MR) is 93.6 cm³/mol. The van der Waals surface area contributed by atoms with Gasteiger partial charge in [-0.1, -0.05) is 41.7 Å². The molecule has 0 fully saturated rings. The summed E-state index contributed by atoms with van der Waals surface area (Å²) in [4.78, 5) is 39.2. The molecule has 0 spiro atoms. The standard InChI is InChI=1S/C17H18N2O5S/c1-2-24-16(23)15-14(11-7-4-3-5-8-11)19-17(25-15)18-12(20)9-6-10-13(21)22/h3-5,7-8H,2,6,9-10H2,1H3,(H,21,22)(H,18,19,20). The Morgan fingerprint density at radius 3 is 2.56 bits per heavy atom. The van der Waals surface area contributed by atoms with Crippen molar-refractivity contribution < 1.29 is 24.2 Å². The smallest absolute Gasteiger partial charge is 0.350 e. The summed E-state index contributed by atoms with van der Waals surface area (Å²) in [5, 5.41) is 11.5. The lowest BCUT2D eigenvalue weighted by molar-refractivity contribution is -0.137. The van der Waals surface area contributed by atoms with E-state index in [0.717, 1.165) is 16.9 Å². The number of carbonyl (C=O) groups is 3. The number of nitrogens with one attached hydrogen (secondary N) is 1. The van der Waals surface area contributed by atoms with E-state index < -0.39 is 11.9 Å². The zero-order valence-electron chi connectivity index (χ0n) is 13.7. The molecule has 1 amide bonds. The maximum absolute atomic E-state index is 12.2. The number of carboxylic acids is 1. The number of rotatable bonds is 8. The molecule has 0 saturated carbocycles. The van der Waals surface area contributed by atoms with Crippen LogP contribution in [-0.4, -0.2) is 34.5 Å². The van der Waals surface area contributed by atoms with E-state index in [-0.39, 0.29) is 36.9 Å². The predicted octanol–water partition coefficient (Wildman–Crippen LogP) is 3.18. The number of anilines is 1. The summed E-state index contributed by atoms with van der Waals surface area (Å²) in [6.07, 6.45) is 0.235. The van der Waals surface area contributed by atoms with Crippen LogP contribution in [0.2, 0.25) is 0 Å². The highest BCUT2D eigenvalue weighted by Gasteiger charge is 2.21. The zero-order valence-corrected chi connectivity index (χ0v) is 14.5. The first-order valence-electron chi connectivity index (χ1n) is 7.76. The van der Waals surface area contributed by atoms with Crippen LogP contribution in [0.5, 0.6) is 0 Å². The first kappa shape index (κ1) is 18.6. The summed E-state index contributed by atoms with van der Waals surface area (Å²) in [5.41, 5.74) is 1.19. The fourth-order valence-corrected chi connectivity index (χ4v) is 2.98. The van der Waals surface area contributed by atoms with E-state index in [2.05, 4.69) is 10.3 Å². The number of nitrogens with zero attached hydrogens (tertiary/aromatic N) is 1. The van der Waals surface area contributed by atoms with Crippen LogP contribution in [0.1, 0.15) is 35.9 Å². The highest BCUT2D eigenvalue weighted by Crippen LogP contribution is 2.31. The topological polar surface area (TPSA) is 106 Å². The fourth-order valence-electron chi connectivity index (χ4n) is 2.08. The van der Waals surface area contributed by atoms with E-state index in [9.17, 15) is 14.4 Å². The number of hydrogen-bond acceptors (Lipinski definition) is 6. The molecule has 1 heterocycles. The van der Waals surface area contributed by atoms with Gasteiger partial charge in [0, 0.05) is 18.4 Å². The molecule has 0 radical (unpaired) electrons. The Hall–Kier alpha value is -2.74. The number of hydrogen-bond donors (Lipinski definition) is 2. The van der Waals surface area contributed by atoms with Crippen LogP contribution in [-0.2, 0) is 14.3 Å². The summed E-state index contributed by atoms with van der Waals surface area (Å²) in [6, 6.07) is 9.14. The minimum Gasteiger partial charge on any atom is -0.481 e. The molecule has 2 N–H and O–H groups in total. The molecule has 0 bridgehead atoms. The molecule has 25 heavy (non-hydrogen) atoms. The number of thiazole rings is 1. The van der Waals surface area contributed by atoms with E-state index in [1.807, 2.05) is 30.3 Å². The summed E-state index contributed by atoms with van der Waals surface area (Å²) in [6.45, 7) is 1.95. The Morgan fingerprint density at radius 2 is 1.92 bits per heavy atom. The number of carboxylic acid groups (broad SMARTS) is 1. The van der Waals surface area contributed by atoms with Crippen molar-refractivity contribution in [2.24, 2.45) is 0 Å². The lowest BCUT2D eigenvalue weighted by Crippen LogP contribution is -2.11. The Bertz CT molecular complexity index is 758. The van der Waals surface area contributed by atoms with Gasteiger partial charge in [-0.3, -0.25) is 9.59 Å². The second-order valence-corrected chi connectivity index (χ2v) is 6.08. The summed E-state index contributed by atoms with van der Waals surface area (Å²) in [5.74, 6) is -1.78.